The highest BCUT2D eigenvalue weighted by Gasteiger charge is 2.47. The second kappa shape index (κ2) is 4.93. The van der Waals surface area contributed by atoms with Crippen molar-refractivity contribution < 1.29 is 14.6 Å². The third-order valence-corrected chi connectivity index (χ3v) is 2.84. The van der Waals surface area contributed by atoms with Crippen molar-refractivity contribution in [3.05, 3.63) is 0 Å². The molecule has 0 aromatic rings. The molecule has 1 fully saturated rings. The summed E-state index contributed by atoms with van der Waals surface area (Å²) in [6, 6.07) is 1.84. The van der Waals surface area contributed by atoms with Crippen LogP contribution in [0.2, 0.25) is 0 Å². The minimum atomic E-state index is -1.75. The largest absolute Gasteiger partial charge is 0.835 e. The molecule has 0 aromatic heterocycles. The fourth-order valence-corrected chi connectivity index (χ4v) is 2.15. The van der Waals surface area contributed by atoms with Crippen molar-refractivity contribution in [1.82, 2.24) is 0 Å². The Bertz CT molecular complexity index is 237. The molecule has 0 saturated heterocycles. The molecular formula is C11H18NO3-. The number of ether oxygens (including phenoxy) is 2. The minimum Gasteiger partial charge on any atom is -0.835 e. The topological polar surface area (TPSA) is 65.3 Å². The molecule has 15 heavy (non-hydrogen) atoms. The van der Waals surface area contributed by atoms with Crippen LogP contribution in [-0.2, 0) is 9.47 Å². The first kappa shape index (κ1) is 12.4. The van der Waals surface area contributed by atoms with Gasteiger partial charge in [-0.1, -0.05) is 6.42 Å². The van der Waals surface area contributed by atoms with Crippen LogP contribution in [0.5, 0.6) is 0 Å². The molecule has 1 saturated carbocycles. The van der Waals surface area contributed by atoms with Crippen LogP contribution >= 0.6 is 0 Å². The number of nitriles is 1. The van der Waals surface area contributed by atoms with E-state index in [1.165, 1.54) is 0 Å². The van der Waals surface area contributed by atoms with Crippen LogP contribution in [0.3, 0.4) is 0 Å². The molecule has 0 radical (unpaired) electrons. The Labute approximate surface area is 90.8 Å². The van der Waals surface area contributed by atoms with Gasteiger partial charge < -0.3 is 14.6 Å². The molecule has 1 rings (SSSR count). The predicted molar refractivity (Wildman–Crippen MR) is 52.8 cm³/mol. The highest BCUT2D eigenvalue weighted by atomic mass is 16.7. The lowest BCUT2D eigenvalue weighted by molar-refractivity contribution is -0.533. The Morgan fingerprint density at radius 1 is 1.20 bits per heavy atom. The highest BCUT2D eigenvalue weighted by Crippen LogP contribution is 2.38. The van der Waals surface area contributed by atoms with Crippen LogP contribution < -0.4 is 5.11 Å². The maximum Gasteiger partial charge on any atom is 0.171 e. The Balaban J connectivity index is 2.94. The molecule has 0 amide bonds. The van der Waals surface area contributed by atoms with E-state index in [4.69, 9.17) is 14.7 Å². The number of rotatable bonds is 4. The van der Waals surface area contributed by atoms with Gasteiger partial charge in [0.2, 0.25) is 0 Å². The third kappa shape index (κ3) is 2.15. The monoisotopic (exact) mass is 212 g/mol. The van der Waals surface area contributed by atoms with Crippen molar-refractivity contribution in [3.8, 4) is 6.07 Å². The molecule has 1 aliphatic rings. The molecule has 0 aromatic carbocycles. The molecule has 1 atom stereocenters. The summed E-state index contributed by atoms with van der Waals surface area (Å²) in [7, 11) is 0. The summed E-state index contributed by atoms with van der Waals surface area (Å²) in [6.45, 7) is 4.41. The second-order valence-corrected chi connectivity index (χ2v) is 3.76. The maximum absolute atomic E-state index is 12.3. The molecular weight excluding hydrogens is 194 g/mol. The summed E-state index contributed by atoms with van der Waals surface area (Å²) < 4.78 is 10.9. The van der Waals surface area contributed by atoms with Gasteiger partial charge in [-0.15, -0.1) is 0 Å². The molecule has 0 unspecified atom stereocenters. The second-order valence-electron chi connectivity index (χ2n) is 3.76. The van der Waals surface area contributed by atoms with E-state index in [1.54, 1.807) is 0 Å². The van der Waals surface area contributed by atoms with Gasteiger partial charge in [0.15, 0.2) is 5.79 Å². The van der Waals surface area contributed by atoms with Crippen LogP contribution in [-0.4, -0.2) is 24.6 Å². The summed E-state index contributed by atoms with van der Waals surface area (Å²) in [6.07, 6.45) is 2.49. The molecule has 1 aliphatic carbocycles. The van der Waals surface area contributed by atoms with E-state index in [0.29, 0.717) is 26.1 Å². The minimum absolute atomic E-state index is 0.309. The fraction of sp³-hybridized carbons (Fsp3) is 0.909. The molecule has 0 spiro atoms. The van der Waals surface area contributed by atoms with Crippen molar-refractivity contribution in [2.24, 2.45) is 0 Å². The van der Waals surface area contributed by atoms with E-state index >= 15 is 0 Å². The van der Waals surface area contributed by atoms with E-state index in [1.807, 2.05) is 19.9 Å². The summed E-state index contributed by atoms with van der Waals surface area (Å²) in [5.74, 6) is -1.23. The van der Waals surface area contributed by atoms with Gasteiger partial charge in [0.25, 0.3) is 0 Å². The van der Waals surface area contributed by atoms with Crippen LogP contribution in [0.1, 0.15) is 39.5 Å². The van der Waals surface area contributed by atoms with Gasteiger partial charge in [0, 0.05) is 25.2 Å². The first-order chi connectivity index (χ1) is 7.14. The zero-order valence-electron chi connectivity index (χ0n) is 9.41. The SMILES string of the molecule is CCOC1(OCC)CCCC[C@@]1([O-])C#N. The lowest BCUT2D eigenvalue weighted by atomic mass is 9.80. The van der Waals surface area contributed by atoms with E-state index in [0.717, 1.165) is 12.8 Å². The molecule has 0 N–H and O–H groups in total. The number of hydrogen-bond donors (Lipinski definition) is 0. The summed E-state index contributed by atoms with van der Waals surface area (Å²) >= 11 is 0. The van der Waals surface area contributed by atoms with Crippen molar-refractivity contribution in [2.45, 2.75) is 50.9 Å². The molecule has 4 nitrogen and oxygen atoms in total. The third-order valence-electron chi connectivity index (χ3n) is 2.84. The van der Waals surface area contributed by atoms with Gasteiger partial charge in [0.1, 0.15) is 0 Å². The highest BCUT2D eigenvalue weighted by molar-refractivity contribution is 5.11. The van der Waals surface area contributed by atoms with E-state index in [9.17, 15) is 5.11 Å². The van der Waals surface area contributed by atoms with Crippen molar-refractivity contribution in [1.29, 1.82) is 5.26 Å². The maximum atomic E-state index is 12.3. The van der Waals surface area contributed by atoms with E-state index < -0.39 is 11.4 Å². The molecule has 86 valence electrons. The molecule has 0 heterocycles. The molecule has 4 heteroatoms. The zero-order chi connectivity index (χ0) is 11.4. The summed E-state index contributed by atoms with van der Waals surface area (Å²) in [4.78, 5) is 0. The van der Waals surface area contributed by atoms with Gasteiger partial charge in [0.05, 0.1) is 6.07 Å². The first-order valence-corrected chi connectivity index (χ1v) is 5.53. The normalized spacial score (nSPS) is 29.7. The lowest BCUT2D eigenvalue weighted by Gasteiger charge is -2.53. The van der Waals surface area contributed by atoms with E-state index in [2.05, 4.69) is 0 Å². The van der Waals surface area contributed by atoms with Gasteiger partial charge in [-0.25, -0.2) is 0 Å². The standard InChI is InChI=1S/C11H18NO3/c1-3-14-11(15-4-2)8-6-5-7-10(11,13)9-12/h3-8H2,1-2H3/q-1/t10-/m1/s1. The van der Waals surface area contributed by atoms with Crippen LogP contribution in [0.15, 0.2) is 0 Å². The average Bonchev–Trinajstić information content (AvgIpc) is 2.23. The summed E-state index contributed by atoms with van der Waals surface area (Å²) in [5, 5.41) is 21.3. The van der Waals surface area contributed by atoms with Crippen LogP contribution in [0.4, 0.5) is 0 Å². The first-order valence-electron chi connectivity index (χ1n) is 5.53. The Morgan fingerprint density at radius 2 is 1.73 bits per heavy atom. The van der Waals surface area contributed by atoms with E-state index in [-0.39, 0.29) is 0 Å². The molecule has 0 aliphatic heterocycles. The van der Waals surface area contributed by atoms with Crippen molar-refractivity contribution in [3.63, 3.8) is 0 Å². The van der Waals surface area contributed by atoms with Gasteiger partial charge in [-0.3, -0.25) is 0 Å². The van der Waals surface area contributed by atoms with Gasteiger partial charge >= 0.3 is 0 Å². The number of hydrogen-bond acceptors (Lipinski definition) is 4. The fourth-order valence-electron chi connectivity index (χ4n) is 2.15. The Morgan fingerprint density at radius 3 is 2.20 bits per heavy atom. The number of nitrogens with zero attached hydrogens (tertiary/aromatic N) is 1. The summed E-state index contributed by atoms with van der Waals surface area (Å²) in [5.41, 5.74) is -1.75. The van der Waals surface area contributed by atoms with Crippen LogP contribution in [0, 0.1) is 11.3 Å². The average molecular weight is 212 g/mol. The van der Waals surface area contributed by atoms with Gasteiger partial charge in [-0.2, -0.15) is 5.26 Å². The van der Waals surface area contributed by atoms with Crippen molar-refractivity contribution >= 4 is 0 Å². The quantitative estimate of drug-likeness (QED) is 0.651. The zero-order valence-corrected chi connectivity index (χ0v) is 9.41. The van der Waals surface area contributed by atoms with Gasteiger partial charge in [-0.05, 0) is 26.7 Å². The Hall–Kier alpha value is -0.630. The predicted octanol–water partition coefficient (Wildman–Crippen LogP) is 0.952. The lowest BCUT2D eigenvalue weighted by Crippen LogP contribution is -2.66. The molecule has 0 bridgehead atoms. The van der Waals surface area contributed by atoms with Crippen molar-refractivity contribution in [2.75, 3.05) is 13.2 Å². The Kier molecular flexibility index (Phi) is 4.09. The smallest absolute Gasteiger partial charge is 0.171 e. The van der Waals surface area contributed by atoms with Crippen LogP contribution in [0.25, 0.3) is 0 Å².